The van der Waals surface area contributed by atoms with Crippen LogP contribution in [0.4, 0.5) is 0 Å². The van der Waals surface area contributed by atoms with Crippen molar-refractivity contribution in [3.05, 3.63) is 63.6 Å². The van der Waals surface area contributed by atoms with Crippen LogP contribution in [0.5, 0.6) is 0 Å². The number of carbonyl (C=O) groups excluding carboxylic acids is 2. The van der Waals surface area contributed by atoms with Crippen LogP contribution in [0.3, 0.4) is 0 Å². The molecule has 24 heavy (non-hydrogen) atoms. The number of hydrogen-bond acceptors (Lipinski definition) is 3. The van der Waals surface area contributed by atoms with E-state index >= 15 is 0 Å². The second-order valence-corrected chi connectivity index (χ2v) is 7.00. The van der Waals surface area contributed by atoms with Crippen LogP contribution in [-0.2, 0) is 16.0 Å². The summed E-state index contributed by atoms with van der Waals surface area (Å²) in [5.74, 6) is -0.422. The molecule has 2 rings (SSSR count). The first-order valence-corrected chi connectivity index (χ1v) is 8.89. The van der Waals surface area contributed by atoms with Crippen LogP contribution < -0.4 is 10.9 Å². The van der Waals surface area contributed by atoms with Crippen LogP contribution in [0, 0.1) is 6.92 Å². The standard InChI is InChI=1S/C17H16Cl2N2O2S/c1-11-2-6-14(7-3-11)24-10-17(23)21-20-16(22)8-12-4-5-13(18)9-15(12)19/h2-7,9H,8,10H2,1H3,(H,20,22)(H,21,23). The first-order chi connectivity index (χ1) is 11.4. The molecule has 0 aromatic heterocycles. The lowest BCUT2D eigenvalue weighted by molar-refractivity contribution is -0.127. The summed E-state index contributed by atoms with van der Waals surface area (Å²) in [6.07, 6.45) is 0.0569. The van der Waals surface area contributed by atoms with Gasteiger partial charge in [-0.15, -0.1) is 11.8 Å². The Balaban J connectivity index is 1.74. The maximum Gasteiger partial charge on any atom is 0.248 e. The van der Waals surface area contributed by atoms with Gasteiger partial charge in [0, 0.05) is 14.9 Å². The first-order valence-electron chi connectivity index (χ1n) is 7.15. The Morgan fingerprint density at radius 1 is 1.00 bits per heavy atom. The third kappa shape index (κ3) is 6.07. The third-order valence-electron chi connectivity index (χ3n) is 3.10. The fraction of sp³-hybridized carbons (Fsp3) is 0.176. The van der Waals surface area contributed by atoms with Crippen molar-refractivity contribution in [2.75, 3.05) is 5.75 Å². The minimum atomic E-state index is -0.354. The van der Waals surface area contributed by atoms with Crippen LogP contribution in [0.25, 0.3) is 0 Å². The van der Waals surface area contributed by atoms with E-state index in [0.717, 1.165) is 10.5 Å². The van der Waals surface area contributed by atoms with Gasteiger partial charge in [0.2, 0.25) is 11.8 Å². The molecule has 2 aromatic carbocycles. The van der Waals surface area contributed by atoms with Crippen molar-refractivity contribution in [1.29, 1.82) is 0 Å². The summed E-state index contributed by atoms with van der Waals surface area (Å²) in [4.78, 5) is 24.6. The predicted molar refractivity (Wildman–Crippen MR) is 98.4 cm³/mol. The molecular formula is C17H16Cl2N2O2S. The van der Waals surface area contributed by atoms with E-state index in [4.69, 9.17) is 23.2 Å². The molecule has 0 radical (unpaired) electrons. The summed E-state index contributed by atoms with van der Waals surface area (Å²) in [6, 6.07) is 12.8. The Bertz CT molecular complexity index is 736. The SMILES string of the molecule is Cc1ccc(SCC(=O)NNC(=O)Cc2ccc(Cl)cc2Cl)cc1. The van der Waals surface area contributed by atoms with E-state index in [0.29, 0.717) is 15.6 Å². The Hall–Kier alpha value is -1.69. The molecule has 0 atom stereocenters. The lowest BCUT2D eigenvalue weighted by atomic mass is 10.1. The van der Waals surface area contributed by atoms with Crippen LogP contribution in [0.2, 0.25) is 10.0 Å². The first kappa shape index (κ1) is 18.6. The van der Waals surface area contributed by atoms with E-state index in [1.165, 1.54) is 11.8 Å². The Morgan fingerprint density at radius 2 is 1.67 bits per heavy atom. The van der Waals surface area contributed by atoms with Crippen LogP contribution in [-0.4, -0.2) is 17.6 Å². The average Bonchev–Trinajstić information content (AvgIpc) is 2.55. The largest absolute Gasteiger partial charge is 0.273 e. The number of carbonyl (C=O) groups is 2. The fourth-order valence-electron chi connectivity index (χ4n) is 1.84. The molecule has 2 aromatic rings. The number of hydrogen-bond donors (Lipinski definition) is 2. The zero-order valence-corrected chi connectivity index (χ0v) is 15.3. The van der Waals surface area contributed by atoms with E-state index in [2.05, 4.69) is 10.9 Å². The van der Waals surface area contributed by atoms with Gasteiger partial charge in [0.1, 0.15) is 0 Å². The summed E-state index contributed by atoms with van der Waals surface area (Å²) >= 11 is 13.2. The molecule has 2 N–H and O–H groups in total. The molecule has 0 aliphatic heterocycles. The number of nitrogens with one attached hydrogen (secondary N) is 2. The van der Waals surface area contributed by atoms with Gasteiger partial charge < -0.3 is 0 Å². The highest BCUT2D eigenvalue weighted by atomic mass is 35.5. The van der Waals surface area contributed by atoms with Gasteiger partial charge in [-0.05, 0) is 36.8 Å². The highest BCUT2D eigenvalue weighted by Crippen LogP contribution is 2.21. The van der Waals surface area contributed by atoms with Crippen molar-refractivity contribution >= 4 is 46.8 Å². The smallest absolute Gasteiger partial charge is 0.248 e. The van der Waals surface area contributed by atoms with Crippen LogP contribution >= 0.6 is 35.0 Å². The zero-order valence-electron chi connectivity index (χ0n) is 12.9. The Labute approximate surface area is 154 Å². The summed E-state index contributed by atoms with van der Waals surface area (Å²) in [5.41, 5.74) is 6.57. The molecule has 126 valence electrons. The van der Waals surface area contributed by atoms with E-state index in [1.54, 1.807) is 18.2 Å². The molecule has 0 aliphatic carbocycles. The van der Waals surface area contributed by atoms with Crippen LogP contribution in [0.15, 0.2) is 47.4 Å². The molecule has 0 saturated carbocycles. The van der Waals surface area contributed by atoms with Crippen molar-refractivity contribution in [2.24, 2.45) is 0 Å². The van der Waals surface area contributed by atoms with Gasteiger partial charge in [-0.2, -0.15) is 0 Å². The van der Waals surface area contributed by atoms with E-state index in [9.17, 15) is 9.59 Å². The van der Waals surface area contributed by atoms with Gasteiger partial charge in [0.15, 0.2) is 0 Å². The lowest BCUT2D eigenvalue weighted by Crippen LogP contribution is -2.43. The molecule has 2 amide bonds. The van der Waals surface area contributed by atoms with E-state index in [-0.39, 0.29) is 24.0 Å². The maximum atomic E-state index is 11.8. The number of benzene rings is 2. The monoisotopic (exact) mass is 382 g/mol. The number of halogens is 2. The number of aryl methyl sites for hydroxylation is 1. The zero-order chi connectivity index (χ0) is 17.5. The van der Waals surface area contributed by atoms with Crippen LogP contribution in [0.1, 0.15) is 11.1 Å². The quantitative estimate of drug-likeness (QED) is 0.610. The van der Waals surface area contributed by atoms with Gasteiger partial charge in [0.05, 0.1) is 12.2 Å². The molecule has 0 bridgehead atoms. The summed E-state index contributed by atoms with van der Waals surface area (Å²) < 4.78 is 0. The molecule has 0 fully saturated rings. The molecule has 0 unspecified atom stereocenters. The second kappa shape index (κ2) is 8.97. The second-order valence-electron chi connectivity index (χ2n) is 5.11. The normalized spacial score (nSPS) is 10.3. The van der Waals surface area contributed by atoms with Crippen molar-refractivity contribution in [3.63, 3.8) is 0 Å². The van der Waals surface area contributed by atoms with Crippen molar-refractivity contribution in [3.8, 4) is 0 Å². The van der Waals surface area contributed by atoms with Gasteiger partial charge in [-0.1, -0.05) is 47.0 Å². The molecule has 0 spiro atoms. The lowest BCUT2D eigenvalue weighted by Gasteiger charge is -2.08. The highest BCUT2D eigenvalue weighted by molar-refractivity contribution is 8.00. The topological polar surface area (TPSA) is 58.2 Å². The van der Waals surface area contributed by atoms with Crippen molar-refractivity contribution < 1.29 is 9.59 Å². The molecule has 0 aliphatic rings. The van der Waals surface area contributed by atoms with Crippen molar-refractivity contribution in [1.82, 2.24) is 10.9 Å². The summed E-state index contributed by atoms with van der Waals surface area (Å²) in [7, 11) is 0. The van der Waals surface area contributed by atoms with E-state index in [1.807, 2.05) is 31.2 Å². The van der Waals surface area contributed by atoms with Gasteiger partial charge in [-0.25, -0.2) is 0 Å². The summed E-state index contributed by atoms with van der Waals surface area (Å²) in [6.45, 7) is 2.00. The van der Waals surface area contributed by atoms with E-state index < -0.39 is 0 Å². The Morgan fingerprint density at radius 3 is 2.33 bits per heavy atom. The molecule has 0 heterocycles. The maximum absolute atomic E-state index is 11.8. The minimum Gasteiger partial charge on any atom is -0.273 e. The minimum absolute atomic E-state index is 0.0569. The number of hydrazine groups is 1. The third-order valence-corrected chi connectivity index (χ3v) is 4.70. The highest BCUT2D eigenvalue weighted by Gasteiger charge is 2.09. The van der Waals surface area contributed by atoms with Gasteiger partial charge in [0.25, 0.3) is 0 Å². The predicted octanol–water partition coefficient (Wildman–Crippen LogP) is 3.78. The fourth-order valence-corrected chi connectivity index (χ4v) is 3.01. The van der Waals surface area contributed by atoms with Crippen molar-refractivity contribution in [2.45, 2.75) is 18.2 Å². The Kier molecular flexibility index (Phi) is 6.97. The molecule has 4 nitrogen and oxygen atoms in total. The molecular weight excluding hydrogens is 367 g/mol. The average molecular weight is 383 g/mol. The molecule has 0 saturated heterocycles. The number of thioether (sulfide) groups is 1. The molecule has 7 heteroatoms. The van der Waals surface area contributed by atoms with Gasteiger partial charge in [-0.3, -0.25) is 20.4 Å². The number of amides is 2. The number of rotatable bonds is 5. The van der Waals surface area contributed by atoms with Gasteiger partial charge >= 0.3 is 0 Å². The summed E-state index contributed by atoms with van der Waals surface area (Å²) in [5, 5.41) is 0.921.